The Balaban J connectivity index is 1.70. The second kappa shape index (κ2) is 5.60. The van der Waals surface area contributed by atoms with Gasteiger partial charge in [0.2, 0.25) is 4.73 Å². The van der Waals surface area contributed by atoms with Crippen molar-refractivity contribution in [1.82, 2.24) is 14.8 Å². The molecule has 0 bridgehead atoms. The van der Waals surface area contributed by atoms with Crippen LogP contribution in [0.3, 0.4) is 0 Å². The van der Waals surface area contributed by atoms with Gasteiger partial charge in [-0.1, -0.05) is 11.8 Å². The van der Waals surface area contributed by atoms with Gasteiger partial charge in [0.05, 0.1) is 0 Å². The van der Waals surface area contributed by atoms with Crippen molar-refractivity contribution in [1.29, 1.82) is 0 Å². The van der Waals surface area contributed by atoms with E-state index in [-0.39, 0.29) is 0 Å². The van der Waals surface area contributed by atoms with E-state index >= 15 is 0 Å². The van der Waals surface area contributed by atoms with E-state index in [0.717, 1.165) is 11.4 Å². The summed E-state index contributed by atoms with van der Waals surface area (Å²) in [5.74, 6) is -0.0439. The molecule has 122 valence electrons. The average molecular weight is 414 g/mol. The molecule has 0 spiro atoms. The molecule has 8 heteroatoms. The largest absolute Gasteiger partial charge is 0.480 e. The van der Waals surface area contributed by atoms with Crippen molar-refractivity contribution in [2.24, 2.45) is 0 Å². The zero-order valence-corrected chi connectivity index (χ0v) is 15.8. The van der Waals surface area contributed by atoms with E-state index in [2.05, 4.69) is 39.1 Å². The van der Waals surface area contributed by atoms with E-state index in [0.29, 0.717) is 28.6 Å². The van der Waals surface area contributed by atoms with Crippen molar-refractivity contribution in [2.45, 2.75) is 54.8 Å². The zero-order valence-electron chi connectivity index (χ0n) is 12.6. The minimum absolute atomic E-state index is 0.628. The van der Waals surface area contributed by atoms with Gasteiger partial charge in [-0.05, 0) is 72.5 Å². The molecule has 0 amide bonds. The Morgan fingerprint density at radius 1 is 1.48 bits per heavy atom. The maximum absolute atomic E-state index is 11.6. The van der Waals surface area contributed by atoms with Gasteiger partial charge >= 0.3 is 5.97 Å². The summed E-state index contributed by atoms with van der Waals surface area (Å²) >= 11 is 6.56. The molecule has 5 nitrogen and oxygen atoms in total. The Labute approximate surface area is 150 Å². The number of nitrogens with zero attached hydrogens (tertiary/aromatic N) is 3. The van der Waals surface area contributed by atoms with Crippen molar-refractivity contribution in [3.8, 4) is 5.00 Å². The predicted molar refractivity (Wildman–Crippen MR) is 93.7 cm³/mol. The molecule has 2 aromatic rings. The van der Waals surface area contributed by atoms with Gasteiger partial charge in [-0.2, -0.15) is 0 Å². The van der Waals surface area contributed by atoms with E-state index in [9.17, 15) is 9.90 Å². The van der Waals surface area contributed by atoms with E-state index in [4.69, 9.17) is 0 Å². The summed E-state index contributed by atoms with van der Waals surface area (Å²) in [6.07, 6.45) is 4.88. The summed E-state index contributed by atoms with van der Waals surface area (Å²) in [5.41, 5.74) is 1.31. The van der Waals surface area contributed by atoms with Crippen molar-refractivity contribution in [2.75, 3.05) is 0 Å². The smallest absolute Gasteiger partial charge is 0.320 e. The first-order chi connectivity index (χ1) is 11.0. The van der Waals surface area contributed by atoms with Gasteiger partial charge in [0, 0.05) is 4.88 Å². The lowest BCUT2D eigenvalue weighted by Crippen LogP contribution is -2.42. The zero-order chi connectivity index (χ0) is 16.2. The summed E-state index contributed by atoms with van der Waals surface area (Å²) in [4.78, 5) is 13.1. The number of hydrogen-bond donors (Lipinski definition) is 1. The molecule has 0 aromatic carbocycles. The van der Waals surface area contributed by atoms with Gasteiger partial charge in [-0.25, -0.2) is 0 Å². The normalized spacial score (nSPS) is 19.6. The molecule has 23 heavy (non-hydrogen) atoms. The fraction of sp³-hybridized carbons (Fsp3) is 0.533. The molecule has 0 aliphatic heterocycles. The van der Waals surface area contributed by atoms with Crippen molar-refractivity contribution >= 4 is 45.0 Å². The Morgan fingerprint density at radius 3 is 2.78 bits per heavy atom. The van der Waals surface area contributed by atoms with Gasteiger partial charge in [0.15, 0.2) is 5.16 Å². The van der Waals surface area contributed by atoms with E-state index in [1.807, 2.05) is 4.57 Å². The number of halogens is 1. The molecule has 0 saturated heterocycles. The molecular weight excluding hydrogens is 398 g/mol. The summed E-state index contributed by atoms with van der Waals surface area (Å²) in [7, 11) is 0. The van der Waals surface area contributed by atoms with Crippen LogP contribution in [0.15, 0.2) is 16.0 Å². The van der Waals surface area contributed by atoms with Crippen LogP contribution in [0.25, 0.3) is 5.00 Å². The lowest BCUT2D eigenvalue weighted by molar-refractivity contribution is -0.142. The van der Waals surface area contributed by atoms with Crippen LogP contribution < -0.4 is 0 Å². The van der Waals surface area contributed by atoms with Crippen LogP contribution in [0.2, 0.25) is 0 Å². The maximum atomic E-state index is 11.6. The van der Waals surface area contributed by atoms with E-state index < -0.39 is 10.7 Å². The number of carboxylic acid groups (broad SMARTS) is 1. The third kappa shape index (κ3) is 2.64. The van der Waals surface area contributed by atoms with E-state index in [1.165, 1.54) is 35.0 Å². The summed E-state index contributed by atoms with van der Waals surface area (Å²) in [6, 6.07) is 2.16. The number of hydrogen-bond acceptors (Lipinski definition) is 5. The predicted octanol–water partition coefficient (Wildman–Crippen LogP) is 4.38. The SMILES string of the molecule is Cc1cc(-n2c(Br)nnc2SC2(C(=O)O)CCC2)sc1C1CC1. The number of aliphatic carboxylic acids is 1. The average Bonchev–Trinajstić information content (AvgIpc) is 3.13. The molecular formula is C15H16BrN3O2S2. The van der Waals surface area contributed by atoms with Crippen LogP contribution in [0.1, 0.15) is 48.5 Å². The molecule has 2 aliphatic carbocycles. The third-order valence-corrected chi connectivity index (χ3v) is 7.86. The Bertz CT molecular complexity index is 778. The van der Waals surface area contributed by atoms with Crippen molar-refractivity contribution < 1.29 is 9.90 Å². The first kappa shape index (κ1) is 15.7. The van der Waals surface area contributed by atoms with Crippen LogP contribution >= 0.6 is 39.0 Å². The molecule has 0 unspecified atom stereocenters. The number of thiophene rings is 1. The first-order valence-corrected chi connectivity index (χ1v) is 10.1. The highest BCUT2D eigenvalue weighted by atomic mass is 79.9. The molecule has 2 heterocycles. The summed E-state index contributed by atoms with van der Waals surface area (Å²) < 4.78 is 1.83. The third-order valence-electron chi connectivity index (χ3n) is 4.54. The monoisotopic (exact) mass is 413 g/mol. The van der Waals surface area contributed by atoms with Crippen LogP contribution in [0.4, 0.5) is 0 Å². The number of aryl methyl sites for hydroxylation is 1. The fourth-order valence-corrected chi connectivity index (χ4v) is 6.24. The Kier molecular flexibility index (Phi) is 3.81. The molecule has 0 atom stereocenters. The Hall–Kier alpha value is -0.860. The summed E-state index contributed by atoms with van der Waals surface area (Å²) in [6.45, 7) is 2.14. The number of rotatable bonds is 5. The minimum Gasteiger partial charge on any atom is -0.480 e. The second-order valence-corrected chi connectivity index (χ2v) is 9.37. The highest BCUT2D eigenvalue weighted by molar-refractivity contribution is 9.10. The number of thioether (sulfide) groups is 1. The lowest BCUT2D eigenvalue weighted by Gasteiger charge is -2.36. The molecule has 4 rings (SSSR count). The van der Waals surface area contributed by atoms with Gasteiger partial charge < -0.3 is 5.11 Å². The highest BCUT2D eigenvalue weighted by Gasteiger charge is 2.47. The van der Waals surface area contributed by atoms with Crippen LogP contribution in [0.5, 0.6) is 0 Å². The topological polar surface area (TPSA) is 68.0 Å². The summed E-state index contributed by atoms with van der Waals surface area (Å²) in [5, 5.41) is 19.6. The highest BCUT2D eigenvalue weighted by Crippen LogP contribution is 2.50. The second-order valence-electron chi connectivity index (χ2n) is 6.25. The van der Waals surface area contributed by atoms with Gasteiger partial charge in [-0.3, -0.25) is 9.36 Å². The van der Waals surface area contributed by atoms with E-state index in [1.54, 1.807) is 11.3 Å². The van der Waals surface area contributed by atoms with Crippen LogP contribution in [0, 0.1) is 6.92 Å². The van der Waals surface area contributed by atoms with Gasteiger partial charge in [0.1, 0.15) is 9.75 Å². The first-order valence-electron chi connectivity index (χ1n) is 7.64. The lowest BCUT2D eigenvalue weighted by atomic mass is 9.84. The minimum atomic E-state index is -0.750. The van der Waals surface area contributed by atoms with Crippen LogP contribution in [-0.2, 0) is 4.79 Å². The fourth-order valence-electron chi connectivity index (χ4n) is 2.88. The van der Waals surface area contributed by atoms with Crippen LogP contribution in [-0.4, -0.2) is 30.6 Å². The molecule has 2 fully saturated rings. The van der Waals surface area contributed by atoms with Gasteiger partial charge in [0.25, 0.3) is 0 Å². The molecule has 1 N–H and O–H groups in total. The number of carbonyl (C=O) groups is 1. The van der Waals surface area contributed by atoms with Gasteiger partial charge in [-0.15, -0.1) is 21.5 Å². The quantitative estimate of drug-likeness (QED) is 0.787. The standard InChI is InChI=1S/C15H16BrN3O2S2/c1-8-7-10(22-11(8)9-3-4-9)19-13(16)17-18-14(19)23-15(12(20)21)5-2-6-15/h7,9H,2-6H2,1H3,(H,20,21). The number of aromatic nitrogens is 3. The molecule has 2 saturated carbocycles. The molecule has 2 aliphatic rings. The Morgan fingerprint density at radius 2 is 2.22 bits per heavy atom. The van der Waals surface area contributed by atoms with Crippen molar-refractivity contribution in [3.63, 3.8) is 0 Å². The maximum Gasteiger partial charge on any atom is 0.320 e. The molecule has 2 aromatic heterocycles. The number of carboxylic acids is 1. The van der Waals surface area contributed by atoms with Crippen molar-refractivity contribution in [3.05, 3.63) is 21.2 Å². The molecule has 0 radical (unpaired) electrons.